The number of carbonyl (C=O) groups is 1. The lowest BCUT2D eigenvalue weighted by Gasteiger charge is -2.10. The molecule has 7 nitrogen and oxygen atoms in total. The lowest BCUT2D eigenvalue weighted by Crippen LogP contribution is -2.35. The zero-order valence-corrected chi connectivity index (χ0v) is 10.4. The molecule has 0 amide bonds. The third-order valence-corrected chi connectivity index (χ3v) is 4.08. The summed E-state index contributed by atoms with van der Waals surface area (Å²) < 4.78 is 32.9. The van der Waals surface area contributed by atoms with Crippen LogP contribution in [0.25, 0.3) is 0 Å². The summed E-state index contributed by atoms with van der Waals surface area (Å²) in [6.07, 6.45) is 2.61. The molecule has 0 saturated heterocycles. The van der Waals surface area contributed by atoms with Crippen molar-refractivity contribution in [2.45, 2.75) is 10.9 Å². The molecule has 0 bridgehead atoms. The fourth-order valence-corrected chi connectivity index (χ4v) is 3.13. The second kappa shape index (κ2) is 4.14. The molecule has 8 heteroatoms. The summed E-state index contributed by atoms with van der Waals surface area (Å²) in [5, 5.41) is 9.06. The molecule has 0 radical (unpaired) electrons. The molecule has 0 aliphatic carbocycles. The third kappa shape index (κ3) is 1.89. The van der Waals surface area contributed by atoms with Crippen LogP contribution in [0.1, 0.15) is 10.5 Å². The van der Waals surface area contributed by atoms with E-state index in [2.05, 4.69) is 11.3 Å². The number of nitrogens with zero attached hydrogens (tertiary/aromatic N) is 1. The Bertz CT molecular complexity index is 616. The van der Waals surface area contributed by atoms with Gasteiger partial charge in [0.05, 0.1) is 6.04 Å². The Labute approximate surface area is 104 Å². The second-order valence-corrected chi connectivity index (χ2v) is 5.54. The molecule has 1 aromatic heterocycles. The normalized spacial score (nSPS) is 21.5. The number of carboxylic acids is 1. The number of carboxylic acid groups (broad SMARTS) is 1. The number of fused-ring (bicyclic) bond motifs is 1. The van der Waals surface area contributed by atoms with Gasteiger partial charge >= 0.3 is 5.97 Å². The maximum Gasteiger partial charge on any atom is 0.356 e. The Morgan fingerprint density at radius 1 is 1.72 bits per heavy atom. The molecular formula is C10H12N2O5S. The predicted octanol–water partition coefficient (Wildman–Crippen LogP) is -0.0514. The number of aryl methyl sites for hydroxylation is 1. The van der Waals surface area contributed by atoms with Gasteiger partial charge in [0.1, 0.15) is 11.5 Å². The molecule has 2 N–H and O–H groups in total. The largest absolute Gasteiger partial charge is 0.488 e. The zero-order valence-electron chi connectivity index (χ0n) is 9.58. The molecule has 98 valence electrons. The summed E-state index contributed by atoms with van der Waals surface area (Å²) in [7, 11) is -2.36. The number of hydrogen-bond acceptors (Lipinski definition) is 4. The Kier molecular flexibility index (Phi) is 2.91. The number of ether oxygens (including phenoxy) is 1. The van der Waals surface area contributed by atoms with E-state index in [4.69, 9.17) is 9.84 Å². The van der Waals surface area contributed by atoms with Crippen LogP contribution < -0.4 is 9.46 Å². The number of aromatic nitrogens is 1. The minimum atomic E-state index is -3.81. The molecule has 1 aliphatic heterocycles. The average Bonchev–Trinajstić information content (AvgIpc) is 2.56. The van der Waals surface area contributed by atoms with Gasteiger partial charge in [-0.3, -0.25) is 0 Å². The molecule has 0 spiro atoms. The van der Waals surface area contributed by atoms with Gasteiger partial charge in [-0.25, -0.2) is 17.9 Å². The predicted molar refractivity (Wildman–Crippen MR) is 62.2 cm³/mol. The molecule has 2 heterocycles. The van der Waals surface area contributed by atoms with Gasteiger partial charge in [0.2, 0.25) is 10.0 Å². The van der Waals surface area contributed by atoms with Crippen LogP contribution in [0.3, 0.4) is 0 Å². The van der Waals surface area contributed by atoms with Gasteiger partial charge in [0.25, 0.3) is 0 Å². The maximum absolute atomic E-state index is 12.0. The molecule has 0 fully saturated rings. The van der Waals surface area contributed by atoms with Gasteiger partial charge in [-0.1, -0.05) is 6.08 Å². The van der Waals surface area contributed by atoms with Gasteiger partial charge in [-0.2, -0.15) is 0 Å². The van der Waals surface area contributed by atoms with Crippen molar-refractivity contribution in [2.24, 2.45) is 7.05 Å². The molecule has 0 saturated carbocycles. The van der Waals surface area contributed by atoms with Crippen molar-refractivity contribution in [2.75, 3.05) is 6.61 Å². The Hall–Kier alpha value is -1.80. The number of nitrogens with one attached hydrogen (secondary N) is 1. The van der Waals surface area contributed by atoms with E-state index in [9.17, 15) is 13.2 Å². The molecule has 2 rings (SSSR count). The SMILES string of the molecule is C=C[C@H]1COc2c(cn(C)c2C(=O)O)S(=O)(=O)N1. The standard InChI is InChI=1S/C10H12N2O5S/c1-3-6-5-17-9-7(18(15,16)11-6)4-12(2)8(9)10(13)14/h3-4,6,11H,1,5H2,2H3,(H,13,14)/t6-/m0/s1. The summed E-state index contributed by atoms with van der Waals surface area (Å²) >= 11 is 0. The average molecular weight is 272 g/mol. The quantitative estimate of drug-likeness (QED) is 0.735. The van der Waals surface area contributed by atoms with E-state index in [1.807, 2.05) is 0 Å². The minimum Gasteiger partial charge on any atom is -0.488 e. The van der Waals surface area contributed by atoms with E-state index >= 15 is 0 Å². The summed E-state index contributed by atoms with van der Waals surface area (Å²) in [5.41, 5.74) is -0.194. The molecule has 0 unspecified atom stereocenters. The summed E-state index contributed by atoms with van der Waals surface area (Å²) in [4.78, 5) is 10.9. The lowest BCUT2D eigenvalue weighted by atomic mass is 10.3. The van der Waals surface area contributed by atoms with Gasteiger partial charge in [-0.05, 0) is 0 Å². The van der Waals surface area contributed by atoms with Crippen molar-refractivity contribution in [3.63, 3.8) is 0 Å². The van der Waals surface area contributed by atoms with Gasteiger partial charge in [-0.15, -0.1) is 6.58 Å². The first kappa shape index (κ1) is 12.7. The highest BCUT2D eigenvalue weighted by Crippen LogP contribution is 2.32. The van der Waals surface area contributed by atoms with Crippen LogP contribution in [-0.2, 0) is 17.1 Å². The van der Waals surface area contributed by atoms with Crippen LogP contribution in [-0.4, -0.2) is 36.7 Å². The molecule has 1 aliphatic rings. The van der Waals surface area contributed by atoms with Crippen LogP contribution >= 0.6 is 0 Å². The monoisotopic (exact) mass is 272 g/mol. The summed E-state index contributed by atoms with van der Waals surface area (Å²) in [5.74, 6) is -1.38. The van der Waals surface area contributed by atoms with E-state index in [0.29, 0.717) is 0 Å². The second-order valence-electron chi connectivity index (χ2n) is 3.86. The van der Waals surface area contributed by atoms with E-state index in [-0.39, 0.29) is 22.9 Å². The topological polar surface area (TPSA) is 97.6 Å². The fourth-order valence-electron chi connectivity index (χ4n) is 1.74. The number of aromatic carboxylic acids is 1. The van der Waals surface area contributed by atoms with Crippen LogP contribution in [0.15, 0.2) is 23.7 Å². The van der Waals surface area contributed by atoms with E-state index < -0.39 is 22.0 Å². The van der Waals surface area contributed by atoms with Crippen molar-refractivity contribution < 1.29 is 23.1 Å². The highest BCUT2D eigenvalue weighted by molar-refractivity contribution is 7.89. The molecule has 0 aromatic carbocycles. The summed E-state index contributed by atoms with van der Waals surface area (Å²) in [6, 6.07) is -0.589. The van der Waals surface area contributed by atoms with Crippen LogP contribution in [0.2, 0.25) is 0 Å². The van der Waals surface area contributed by atoms with Crippen LogP contribution in [0, 0.1) is 0 Å². The van der Waals surface area contributed by atoms with Crippen molar-refractivity contribution in [1.29, 1.82) is 0 Å². The molecular weight excluding hydrogens is 260 g/mol. The van der Waals surface area contributed by atoms with E-state index in [1.54, 1.807) is 0 Å². The minimum absolute atomic E-state index is 0.0000231. The highest BCUT2D eigenvalue weighted by Gasteiger charge is 2.33. The Balaban J connectivity index is 2.64. The van der Waals surface area contributed by atoms with Crippen molar-refractivity contribution in [1.82, 2.24) is 9.29 Å². The van der Waals surface area contributed by atoms with Crippen LogP contribution in [0.5, 0.6) is 5.75 Å². The number of rotatable bonds is 2. The van der Waals surface area contributed by atoms with Gasteiger partial charge in [0, 0.05) is 13.2 Å². The fraction of sp³-hybridized carbons (Fsp3) is 0.300. The number of sulfonamides is 1. The first-order chi connectivity index (χ1) is 8.36. The van der Waals surface area contributed by atoms with Gasteiger partial charge in [0.15, 0.2) is 11.4 Å². The third-order valence-electron chi connectivity index (χ3n) is 2.59. The molecule has 1 aromatic rings. The number of hydrogen-bond donors (Lipinski definition) is 2. The first-order valence-electron chi connectivity index (χ1n) is 5.07. The summed E-state index contributed by atoms with van der Waals surface area (Å²) in [6.45, 7) is 3.49. The van der Waals surface area contributed by atoms with Crippen LogP contribution in [0.4, 0.5) is 0 Å². The van der Waals surface area contributed by atoms with Crippen molar-refractivity contribution in [3.05, 3.63) is 24.5 Å². The van der Waals surface area contributed by atoms with Crippen molar-refractivity contribution in [3.8, 4) is 5.75 Å². The zero-order chi connectivity index (χ0) is 13.5. The first-order valence-corrected chi connectivity index (χ1v) is 6.55. The lowest BCUT2D eigenvalue weighted by molar-refractivity contribution is 0.0681. The Morgan fingerprint density at radius 2 is 2.39 bits per heavy atom. The van der Waals surface area contributed by atoms with E-state index in [1.165, 1.54) is 23.9 Å². The smallest absolute Gasteiger partial charge is 0.356 e. The van der Waals surface area contributed by atoms with Gasteiger partial charge < -0.3 is 14.4 Å². The maximum atomic E-state index is 12.0. The Morgan fingerprint density at radius 3 is 2.94 bits per heavy atom. The molecule has 18 heavy (non-hydrogen) atoms. The highest BCUT2D eigenvalue weighted by atomic mass is 32.2. The van der Waals surface area contributed by atoms with Crippen molar-refractivity contribution >= 4 is 16.0 Å². The van der Waals surface area contributed by atoms with E-state index in [0.717, 1.165) is 0 Å². The molecule has 1 atom stereocenters.